The minimum atomic E-state index is -4.33. The molecule has 0 heterocycles. The molecule has 0 aliphatic rings. The van der Waals surface area contributed by atoms with Crippen molar-refractivity contribution in [1.82, 2.24) is 5.32 Å². The van der Waals surface area contributed by atoms with Crippen molar-refractivity contribution in [3.8, 4) is 0 Å². The molecule has 0 bridgehead atoms. The Morgan fingerprint density at radius 2 is 1.95 bits per heavy atom. The highest BCUT2D eigenvalue weighted by molar-refractivity contribution is 8.13. The van der Waals surface area contributed by atoms with Crippen LogP contribution in [0.5, 0.6) is 0 Å². The molecule has 0 saturated carbocycles. The Kier molecular flexibility index (Phi) is 5.63. The van der Waals surface area contributed by atoms with E-state index in [1.807, 2.05) is 6.92 Å². The second kappa shape index (κ2) is 6.50. The first kappa shape index (κ1) is 18.2. The first-order valence-electron chi connectivity index (χ1n) is 6.24. The van der Waals surface area contributed by atoms with Gasteiger partial charge in [-0.25, -0.2) is 12.8 Å². The SMILES string of the molecule is CCCC(C)(C)NC(=O)c1cc(Cl)cc(S(=O)(=O)Cl)c1F. The quantitative estimate of drug-likeness (QED) is 0.818. The summed E-state index contributed by atoms with van der Waals surface area (Å²) in [4.78, 5) is 11.3. The maximum atomic E-state index is 14.2. The van der Waals surface area contributed by atoms with Gasteiger partial charge < -0.3 is 5.32 Å². The number of carbonyl (C=O) groups is 1. The highest BCUT2D eigenvalue weighted by Gasteiger charge is 2.26. The van der Waals surface area contributed by atoms with Crippen LogP contribution in [0, 0.1) is 5.82 Å². The monoisotopic (exact) mass is 355 g/mol. The fourth-order valence-corrected chi connectivity index (χ4v) is 3.18. The third-order valence-corrected chi connectivity index (χ3v) is 4.38. The summed E-state index contributed by atoms with van der Waals surface area (Å²) in [6.07, 6.45) is 1.51. The van der Waals surface area contributed by atoms with Crippen molar-refractivity contribution >= 4 is 37.2 Å². The van der Waals surface area contributed by atoms with Crippen LogP contribution >= 0.6 is 22.3 Å². The summed E-state index contributed by atoms with van der Waals surface area (Å²) in [5.41, 5.74) is -1.01. The average molecular weight is 356 g/mol. The van der Waals surface area contributed by atoms with Gasteiger partial charge in [0.15, 0.2) is 5.82 Å². The van der Waals surface area contributed by atoms with Gasteiger partial charge >= 0.3 is 0 Å². The van der Waals surface area contributed by atoms with Crippen molar-refractivity contribution in [2.75, 3.05) is 0 Å². The lowest BCUT2D eigenvalue weighted by Gasteiger charge is -2.26. The minimum absolute atomic E-state index is 0.0888. The summed E-state index contributed by atoms with van der Waals surface area (Å²) in [6.45, 7) is 5.53. The zero-order valence-electron chi connectivity index (χ0n) is 11.8. The number of carbonyl (C=O) groups excluding carboxylic acids is 1. The number of nitrogens with one attached hydrogen (secondary N) is 1. The van der Waals surface area contributed by atoms with Gasteiger partial charge in [0.1, 0.15) is 4.90 Å². The molecule has 1 aromatic carbocycles. The minimum Gasteiger partial charge on any atom is -0.347 e. The number of amides is 1. The Hall–Kier alpha value is -0.850. The molecule has 0 saturated heterocycles. The summed E-state index contributed by atoms with van der Waals surface area (Å²) < 4.78 is 36.8. The largest absolute Gasteiger partial charge is 0.347 e. The lowest BCUT2D eigenvalue weighted by Crippen LogP contribution is -2.43. The van der Waals surface area contributed by atoms with Gasteiger partial charge in [0, 0.05) is 21.2 Å². The van der Waals surface area contributed by atoms with E-state index >= 15 is 0 Å². The number of rotatable bonds is 5. The standard InChI is InChI=1S/C13H16Cl2FNO3S/c1-4-5-13(2,3)17-12(18)9-6-8(14)7-10(11(9)16)21(15,19)20/h6-7H,4-5H2,1-3H3,(H,17,18). The molecule has 0 fully saturated rings. The van der Waals surface area contributed by atoms with Crippen LogP contribution in [0.4, 0.5) is 4.39 Å². The molecule has 0 atom stereocenters. The molecule has 8 heteroatoms. The van der Waals surface area contributed by atoms with E-state index in [0.717, 1.165) is 18.6 Å². The molecular formula is C13H16Cl2FNO3S. The molecule has 4 nitrogen and oxygen atoms in total. The summed E-state index contributed by atoms with van der Waals surface area (Å²) >= 11 is 5.73. The van der Waals surface area contributed by atoms with Crippen molar-refractivity contribution in [2.45, 2.75) is 44.0 Å². The smallest absolute Gasteiger partial charge is 0.264 e. The van der Waals surface area contributed by atoms with Crippen molar-refractivity contribution in [2.24, 2.45) is 0 Å². The van der Waals surface area contributed by atoms with Crippen molar-refractivity contribution < 1.29 is 17.6 Å². The van der Waals surface area contributed by atoms with Crippen molar-refractivity contribution in [3.63, 3.8) is 0 Å². The molecule has 0 aliphatic heterocycles. The topological polar surface area (TPSA) is 63.2 Å². The highest BCUT2D eigenvalue weighted by Crippen LogP contribution is 2.26. The van der Waals surface area contributed by atoms with Crippen LogP contribution in [0.3, 0.4) is 0 Å². The summed E-state index contributed by atoms with van der Waals surface area (Å²) in [5, 5.41) is 2.56. The van der Waals surface area contributed by atoms with Crippen LogP contribution in [0.1, 0.15) is 44.0 Å². The number of benzene rings is 1. The van der Waals surface area contributed by atoms with Crippen LogP contribution in [0.2, 0.25) is 5.02 Å². The Balaban J connectivity index is 3.26. The average Bonchev–Trinajstić information content (AvgIpc) is 2.29. The molecule has 0 radical (unpaired) electrons. The van der Waals surface area contributed by atoms with E-state index in [9.17, 15) is 17.6 Å². The molecular weight excluding hydrogens is 340 g/mol. The van der Waals surface area contributed by atoms with Gasteiger partial charge in [-0.15, -0.1) is 0 Å². The van der Waals surface area contributed by atoms with Gasteiger partial charge in [0.2, 0.25) is 0 Å². The maximum Gasteiger partial charge on any atom is 0.264 e. The molecule has 0 unspecified atom stereocenters. The van der Waals surface area contributed by atoms with E-state index in [4.69, 9.17) is 22.3 Å². The molecule has 1 N–H and O–H groups in total. The van der Waals surface area contributed by atoms with E-state index in [1.165, 1.54) is 0 Å². The fourth-order valence-electron chi connectivity index (χ4n) is 1.97. The maximum absolute atomic E-state index is 14.2. The molecule has 0 aromatic heterocycles. The zero-order chi connectivity index (χ0) is 16.4. The van der Waals surface area contributed by atoms with Gasteiger partial charge in [-0.2, -0.15) is 0 Å². The van der Waals surface area contributed by atoms with E-state index in [0.29, 0.717) is 6.42 Å². The van der Waals surface area contributed by atoms with E-state index in [1.54, 1.807) is 13.8 Å². The predicted molar refractivity (Wildman–Crippen MR) is 80.9 cm³/mol. The lowest BCUT2D eigenvalue weighted by atomic mass is 9.98. The van der Waals surface area contributed by atoms with E-state index in [2.05, 4.69) is 5.32 Å². The lowest BCUT2D eigenvalue weighted by molar-refractivity contribution is 0.0904. The van der Waals surface area contributed by atoms with E-state index in [-0.39, 0.29) is 5.02 Å². The number of hydrogen-bond donors (Lipinski definition) is 1. The Morgan fingerprint density at radius 1 is 1.38 bits per heavy atom. The van der Waals surface area contributed by atoms with Crippen LogP contribution in [0.25, 0.3) is 0 Å². The molecule has 0 aliphatic carbocycles. The zero-order valence-corrected chi connectivity index (χ0v) is 14.2. The van der Waals surface area contributed by atoms with Gasteiger partial charge in [-0.05, 0) is 32.4 Å². The second-order valence-electron chi connectivity index (χ2n) is 5.29. The normalized spacial score (nSPS) is 12.3. The second-order valence-corrected chi connectivity index (χ2v) is 8.26. The third kappa shape index (κ3) is 4.83. The van der Waals surface area contributed by atoms with Crippen LogP contribution in [-0.2, 0) is 9.05 Å². The summed E-state index contributed by atoms with van der Waals surface area (Å²) in [5.74, 6) is -1.95. The van der Waals surface area contributed by atoms with Crippen LogP contribution in [-0.4, -0.2) is 19.9 Å². The molecule has 118 valence electrons. The van der Waals surface area contributed by atoms with Gasteiger partial charge in [-0.3, -0.25) is 4.79 Å². The fraction of sp³-hybridized carbons (Fsp3) is 0.462. The Morgan fingerprint density at radius 3 is 2.43 bits per heavy atom. The van der Waals surface area contributed by atoms with Crippen LogP contribution < -0.4 is 5.32 Å². The molecule has 1 amide bonds. The molecule has 21 heavy (non-hydrogen) atoms. The highest BCUT2D eigenvalue weighted by atomic mass is 35.7. The Bertz CT molecular complexity index is 660. The third-order valence-electron chi connectivity index (χ3n) is 2.84. The van der Waals surface area contributed by atoms with E-state index < -0.39 is 36.8 Å². The summed E-state index contributed by atoms with van der Waals surface area (Å²) in [6, 6.07) is 1.94. The number of hydrogen-bond acceptors (Lipinski definition) is 3. The number of halogens is 3. The molecule has 1 aromatic rings. The molecule has 0 spiro atoms. The Labute approximate surface area is 133 Å². The van der Waals surface area contributed by atoms with Crippen molar-refractivity contribution in [3.05, 3.63) is 28.5 Å². The van der Waals surface area contributed by atoms with Crippen molar-refractivity contribution in [1.29, 1.82) is 0 Å². The van der Waals surface area contributed by atoms with Gasteiger partial charge in [0.05, 0.1) is 5.56 Å². The van der Waals surface area contributed by atoms with Crippen LogP contribution in [0.15, 0.2) is 17.0 Å². The summed E-state index contributed by atoms with van der Waals surface area (Å²) in [7, 11) is 0.804. The first-order valence-corrected chi connectivity index (χ1v) is 8.93. The predicted octanol–water partition coefficient (Wildman–Crippen LogP) is 3.72. The van der Waals surface area contributed by atoms with Gasteiger partial charge in [0.25, 0.3) is 15.0 Å². The first-order chi connectivity index (χ1) is 9.48. The molecule has 1 rings (SSSR count). The van der Waals surface area contributed by atoms with Gasteiger partial charge in [-0.1, -0.05) is 24.9 Å².